The molecule has 22 heavy (non-hydrogen) atoms. The van der Waals surface area contributed by atoms with Gasteiger partial charge in [0.25, 0.3) is 0 Å². The Morgan fingerprint density at radius 3 is 2.73 bits per heavy atom. The minimum Gasteiger partial charge on any atom is -0.465 e. The molecule has 124 valence electrons. The van der Waals surface area contributed by atoms with Crippen LogP contribution in [0.1, 0.15) is 67.1 Å². The van der Waals surface area contributed by atoms with E-state index in [1.54, 1.807) is 11.3 Å². The minimum absolute atomic E-state index is 0.243. The maximum absolute atomic E-state index is 11.4. The first-order valence-electron chi connectivity index (χ1n) is 8.59. The van der Waals surface area contributed by atoms with Gasteiger partial charge in [0, 0.05) is 16.8 Å². The van der Waals surface area contributed by atoms with E-state index in [0.717, 1.165) is 24.9 Å². The molecule has 1 fully saturated rings. The first-order valence-corrected chi connectivity index (χ1v) is 9.47. The lowest BCUT2D eigenvalue weighted by Crippen LogP contribution is -2.26. The zero-order valence-electron chi connectivity index (χ0n) is 13.9. The number of carbonyl (C=O) groups excluding carboxylic acids is 1. The third kappa shape index (κ3) is 5.40. The largest absolute Gasteiger partial charge is 0.465 e. The SMILES string of the molecule is CCCCC1CCC(CNCc2cc(C(=O)OC)cs2)CC1. The zero-order chi connectivity index (χ0) is 15.8. The molecule has 0 unspecified atom stereocenters. The van der Waals surface area contributed by atoms with Gasteiger partial charge in [-0.05, 0) is 37.3 Å². The molecule has 1 aromatic rings. The summed E-state index contributed by atoms with van der Waals surface area (Å²) in [4.78, 5) is 12.6. The van der Waals surface area contributed by atoms with E-state index in [9.17, 15) is 4.79 Å². The van der Waals surface area contributed by atoms with Crippen molar-refractivity contribution in [2.24, 2.45) is 11.8 Å². The van der Waals surface area contributed by atoms with E-state index in [1.165, 1.54) is 56.9 Å². The molecule has 4 heteroatoms. The molecule has 0 aliphatic heterocycles. The van der Waals surface area contributed by atoms with Crippen LogP contribution in [0.15, 0.2) is 11.4 Å². The number of unbranched alkanes of at least 4 members (excludes halogenated alkanes) is 1. The fourth-order valence-electron chi connectivity index (χ4n) is 3.31. The highest BCUT2D eigenvalue weighted by Crippen LogP contribution is 2.31. The maximum Gasteiger partial charge on any atom is 0.338 e. The third-order valence-corrected chi connectivity index (χ3v) is 5.68. The molecule has 0 saturated heterocycles. The molecule has 2 rings (SSSR count). The maximum atomic E-state index is 11.4. The molecular weight excluding hydrogens is 294 g/mol. The van der Waals surface area contributed by atoms with E-state index in [0.29, 0.717) is 5.56 Å². The molecule has 0 amide bonds. The predicted octanol–water partition coefficient (Wildman–Crippen LogP) is 4.62. The molecule has 1 saturated carbocycles. The van der Waals surface area contributed by atoms with E-state index < -0.39 is 0 Å². The van der Waals surface area contributed by atoms with E-state index in [-0.39, 0.29) is 5.97 Å². The normalized spacial score (nSPS) is 21.7. The number of thiophene rings is 1. The molecule has 0 bridgehead atoms. The van der Waals surface area contributed by atoms with E-state index >= 15 is 0 Å². The molecule has 0 atom stereocenters. The van der Waals surface area contributed by atoms with Gasteiger partial charge in [-0.1, -0.05) is 39.0 Å². The summed E-state index contributed by atoms with van der Waals surface area (Å²) in [5, 5.41) is 5.43. The Hall–Kier alpha value is -0.870. The summed E-state index contributed by atoms with van der Waals surface area (Å²) in [5.41, 5.74) is 0.667. The van der Waals surface area contributed by atoms with Crippen LogP contribution in [0, 0.1) is 11.8 Å². The fraction of sp³-hybridized carbons (Fsp3) is 0.722. The molecule has 1 N–H and O–H groups in total. The second kappa shape index (κ2) is 9.31. The monoisotopic (exact) mass is 323 g/mol. The quantitative estimate of drug-likeness (QED) is 0.709. The highest BCUT2D eigenvalue weighted by molar-refractivity contribution is 7.10. The van der Waals surface area contributed by atoms with Crippen LogP contribution in [0.5, 0.6) is 0 Å². The Kier molecular flexibility index (Phi) is 7.40. The predicted molar refractivity (Wildman–Crippen MR) is 92.3 cm³/mol. The number of carbonyl (C=O) groups is 1. The van der Waals surface area contributed by atoms with Gasteiger partial charge >= 0.3 is 5.97 Å². The zero-order valence-corrected chi connectivity index (χ0v) is 14.7. The van der Waals surface area contributed by atoms with Crippen molar-refractivity contribution in [3.63, 3.8) is 0 Å². The second-order valence-corrected chi connectivity index (χ2v) is 7.45. The van der Waals surface area contributed by atoms with Gasteiger partial charge < -0.3 is 10.1 Å². The lowest BCUT2D eigenvalue weighted by atomic mass is 9.80. The number of hydrogen-bond donors (Lipinski definition) is 1. The van der Waals surface area contributed by atoms with Gasteiger partial charge in [-0.25, -0.2) is 4.79 Å². The van der Waals surface area contributed by atoms with Crippen molar-refractivity contribution < 1.29 is 9.53 Å². The van der Waals surface area contributed by atoms with Gasteiger partial charge in [-0.3, -0.25) is 0 Å². The van der Waals surface area contributed by atoms with Crippen LogP contribution in [0.2, 0.25) is 0 Å². The van der Waals surface area contributed by atoms with Gasteiger partial charge in [-0.2, -0.15) is 0 Å². The number of ether oxygens (including phenoxy) is 1. The fourth-order valence-corrected chi connectivity index (χ4v) is 4.14. The molecule has 1 aliphatic rings. The summed E-state index contributed by atoms with van der Waals surface area (Å²) >= 11 is 1.63. The van der Waals surface area contributed by atoms with Gasteiger partial charge in [-0.15, -0.1) is 11.3 Å². The summed E-state index contributed by atoms with van der Waals surface area (Å²) in [6, 6.07) is 1.94. The first kappa shape index (κ1) is 17.5. The number of esters is 1. The second-order valence-electron chi connectivity index (χ2n) is 6.45. The summed E-state index contributed by atoms with van der Waals surface area (Å²) in [6.07, 6.45) is 9.74. The van der Waals surface area contributed by atoms with Crippen molar-refractivity contribution in [2.45, 2.75) is 58.4 Å². The molecule has 1 aromatic heterocycles. The Bertz CT molecular complexity index is 450. The lowest BCUT2D eigenvalue weighted by molar-refractivity contribution is 0.0601. The van der Waals surface area contributed by atoms with Crippen molar-refractivity contribution in [2.75, 3.05) is 13.7 Å². The molecule has 1 heterocycles. The highest BCUT2D eigenvalue weighted by atomic mass is 32.1. The van der Waals surface area contributed by atoms with Gasteiger partial charge in [0.15, 0.2) is 0 Å². The lowest BCUT2D eigenvalue weighted by Gasteiger charge is -2.28. The van der Waals surface area contributed by atoms with Crippen molar-refractivity contribution >= 4 is 17.3 Å². The van der Waals surface area contributed by atoms with Crippen LogP contribution in [0.3, 0.4) is 0 Å². The Morgan fingerprint density at radius 1 is 1.32 bits per heavy atom. The van der Waals surface area contributed by atoms with Gasteiger partial charge in [0.1, 0.15) is 0 Å². The van der Waals surface area contributed by atoms with Crippen LogP contribution >= 0.6 is 11.3 Å². The molecular formula is C18H29NO2S. The molecule has 1 aliphatic carbocycles. The van der Waals surface area contributed by atoms with E-state index in [4.69, 9.17) is 4.74 Å². The molecule has 0 radical (unpaired) electrons. The van der Waals surface area contributed by atoms with E-state index in [1.807, 2.05) is 11.4 Å². The molecule has 3 nitrogen and oxygen atoms in total. The van der Waals surface area contributed by atoms with Gasteiger partial charge in [0.05, 0.1) is 12.7 Å². The standard InChI is InChI=1S/C18H29NO2S/c1-3-4-5-14-6-8-15(9-7-14)11-19-12-17-10-16(13-22-17)18(20)21-2/h10,13-15,19H,3-9,11-12H2,1-2H3. The van der Waals surface area contributed by atoms with Crippen LogP contribution in [-0.4, -0.2) is 19.6 Å². The first-order chi connectivity index (χ1) is 10.7. The van der Waals surface area contributed by atoms with Crippen molar-refractivity contribution in [1.82, 2.24) is 5.32 Å². The summed E-state index contributed by atoms with van der Waals surface area (Å²) in [5.74, 6) is 1.57. The average Bonchev–Trinajstić information content (AvgIpc) is 3.02. The number of hydrogen-bond acceptors (Lipinski definition) is 4. The third-order valence-electron chi connectivity index (χ3n) is 4.74. The van der Waals surface area contributed by atoms with Gasteiger partial charge in [0.2, 0.25) is 0 Å². The van der Waals surface area contributed by atoms with Crippen LogP contribution in [-0.2, 0) is 11.3 Å². The van der Waals surface area contributed by atoms with Crippen LogP contribution < -0.4 is 5.32 Å². The van der Waals surface area contributed by atoms with Crippen LogP contribution in [0.4, 0.5) is 0 Å². The highest BCUT2D eigenvalue weighted by Gasteiger charge is 2.20. The van der Waals surface area contributed by atoms with Crippen molar-refractivity contribution in [3.8, 4) is 0 Å². The average molecular weight is 324 g/mol. The van der Waals surface area contributed by atoms with Crippen LogP contribution in [0.25, 0.3) is 0 Å². The summed E-state index contributed by atoms with van der Waals surface area (Å²) < 4.78 is 4.73. The topological polar surface area (TPSA) is 38.3 Å². The van der Waals surface area contributed by atoms with Crippen molar-refractivity contribution in [3.05, 3.63) is 21.9 Å². The summed E-state index contributed by atoms with van der Waals surface area (Å²) in [7, 11) is 1.43. The van der Waals surface area contributed by atoms with E-state index in [2.05, 4.69) is 12.2 Å². The smallest absolute Gasteiger partial charge is 0.338 e. The minimum atomic E-state index is -0.243. The Morgan fingerprint density at radius 2 is 2.05 bits per heavy atom. The Balaban J connectivity index is 1.63. The van der Waals surface area contributed by atoms with Crippen molar-refractivity contribution in [1.29, 1.82) is 0 Å². The number of methoxy groups -OCH3 is 1. The molecule has 0 aromatic carbocycles. The Labute approximate surface area is 138 Å². The number of nitrogens with one attached hydrogen (secondary N) is 1. The number of rotatable bonds is 8. The summed E-state index contributed by atoms with van der Waals surface area (Å²) in [6.45, 7) is 4.25. The molecule has 0 spiro atoms.